The van der Waals surface area contributed by atoms with E-state index in [1.807, 2.05) is 22.1 Å². The van der Waals surface area contributed by atoms with Crippen molar-refractivity contribution in [2.75, 3.05) is 17.7 Å². The zero-order chi connectivity index (χ0) is 20.2. The zero-order valence-corrected chi connectivity index (χ0v) is 17.7. The molecule has 2 aromatic heterocycles. The van der Waals surface area contributed by atoms with Crippen LogP contribution in [0.2, 0.25) is 5.02 Å². The Hall–Kier alpha value is -1.94. The molecule has 1 N–H and O–H groups in total. The number of aromatic nitrogens is 3. The highest BCUT2D eigenvalue weighted by molar-refractivity contribution is 7.99. The highest BCUT2D eigenvalue weighted by Crippen LogP contribution is 2.29. The average molecular weight is 453 g/mol. The van der Waals surface area contributed by atoms with E-state index >= 15 is 0 Å². The Bertz CT molecular complexity index is 990. The van der Waals surface area contributed by atoms with Crippen LogP contribution in [0, 0.1) is 5.82 Å². The minimum Gasteiger partial charge on any atom is -0.376 e. The number of carbonyl (C=O) groups excluding carboxylic acids is 1. The van der Waals surface area contributed by atoms with Gasteiger partial charge in [-0.3, -0.25) is 9.36 Å². The van der Waals surface area contributed by atoms with Gasteiger partial charge in [-0.05, 0) is 42.5 Å². The van der Waals surface area contributed by atoms with Gasteiger partial charge in [0, 0.05) is 6.61 Å². The van der Waals surface area contributed by atoms with E-state index in [4.69, 9.17) is 16.3 Å². The molecule has 1 fully saturated rings. The van der Waals surface area contributed by atoms with E-state index in [0.717, 1.165) is 36.2 Å². The van der Waals surface area contributed by atoms with Crippen molar-refractivity contribution < 1.29 is 13.9 Å². The van der Waals surface area contributed by atoms with Crippen molar-refractivity contribution in [2.24, 2.45) is 0 Å². The summed E-state index contributed by atoms with van der Waals surface area (Å²) in [6.45, 7) is 1.42. The summed E-state index contributed by atoms with van der Waals surface area (Å²) < 4.78 is 20.9. The van der Waals surface area contributed by atoms with Gasteiger partial charge in [0.05, 0.1) is 34.0 Å². The van der Waals surface area contributed by atoms with Gasteiger partial charge in [0.25, 0.3) is 0 Å². The van der Waals surface area contributed by atoms with Gasteiger partial charge in [0.2, 0.25) is 5.91 Å². The summed E-state index contributed by atoms with van der Waals surface area (Å²) in [7, 11) is 0. The first-order chi connectivity index (χ1) is 14.1. The number of benzene rings is 1. The number of thiophene rings is 1. The lowest BCUT2D eigenvalue weighted by molar-refractivity contribution is -0.113. The van der Waals surface area contributed by atoms with Crippen molar-refractivity contribution in [3.05, 3.63) is 46.6 Å². The van der Waals surface area contributed by atoms with E-state index in [-0.39, 0.29) is 22.8 Å². The van der Waals surface area contributed by atoms with Gasteiger partial charge in [-0.25, -0.2) is 4.39 Å². The first-order valence-corrected chi connectivity index (χ1v) is 11.3. The van der Waals surface area contributed by atoms with Crippen LogP contribution in [0.5, 0.6) is 0 Å². The van der Waals surface area contributed by atoms with Gasteiger partial charge >= 0.3 is 0 Å². The van der Waals surface area contributed by atoms with E-state index in [1.165, 1.54) is 23.9 Å². The second-order valence-electron chi connectivity index (χ2n) is 6.49. The lowest BCUT2D eigenvalue weighted by Gasteiger charge is -2.14. The highest BCUT2D eigenvalue weighted by atomic mass is 35.5. The number of nitrogens with one attached hydrogen (secondary N) is 1. The van der Waals surface area contributed by atoms with Crippen LogP contribution in [0.1, 0.15) is 12.8 Å². The molecule has 0 bridgehead atoms. The smallest absolute Gasteiger partial charge is 0.234 e. The SMILES string of the molecule is O=C(CSc1nnc(-c2cccs2)n1CC1CCCO1)Nc1ccc(F)cc1Cl. The molecule has 1 amide bonds. The number of carbonyl (C=O) groups is 1. The van der Waals surface area contributed by atoms with Crippen LogP contribution in [0.3, 0.4) is 0 Å². The Labute approximate surface area is 180 Å². The fourth-order valence-corrected chi connectivity index (χ4v) is 4.73. The third-order valence-corrected chi connectivity index (χ3v) is 6.55. The summed E-state index contributed by atoms with van der Waals surface area (Å²) in [5.41, 5.74) is 0.374. The maximum absolute atomic E-state index is 13.2. The molecule has 0 spiro atoms. The molecule has 1 atom stereocenters. The highest BCUT2D eigenvalue weighted by Gasteiger charge is 2.22. The molecular formula is C19H18ClFN4O2S2. The van der Waals surface area contributed by atoms with E-state index in [2.05, 4.69) is 15.5 Å². The maximum Gasteiger partial charge on any atom is 0.234 e. The fraction of sp³-hybridized carbons (Fsp3) is 0.316. The molecule has 3 aromatic rings. The summed E-state index contributed by atoms with van der Waals surface area (Å²) in [5.74, 6) is 0.195. The lowest BCUT2D eigenvalue weighted by atomic mass is 10.2. The van der Waals surface area contributed by atoms with Crippen molar-refractivity contribution in [1.29, 1.82) is 0 Å². The van der Waals surface area contributed by atoms with Crippen LogP contribution >= 0.6 is 34.7 Å². The summed E-state index contributed by atoms with van der Waals surface area (Å²) >= 11 is 8.86. The first-order valence-electron chi connectivity index (χ1n) is 9.06. The number of amides is 1. The molecule has 1 saturated heterocycles. The van der Waals surface area contributed by atoms with Crippen LogP contribution in [0.15, 0.2) is 40.9 Å². The quantitative estimate of drug-likeness (QED) is 0.526. The summed E-state index contributed by atoms with van der Waals surface area (Å²) in [4.78, 5) is 13.4. The largest absolute Gasteiger partial charge is 0.376 e. The molecular weight excluding hydrogens is 435 g/mol. The fourth-order valence-electron chi connectivity index (χ4n) is 3.05. The van der Waals surface area contributed by atoms with E-state index < -0.39 is 5.82 Å². The predicted octanol–water partition coefficient (Wildman–Crippen LogP) is 4.71. The molecule has 0 radical (unpaired) electrons. The van der Waals surface area contributed by atoms with Crippen molar-refractivity contribution in [2.45, 2.75) is 30.6 Å². The lowest BCUT2D eigenvalue weighted by Crippen LogP contribution is -2.18. The molecule has 152 valence electrons. The van der Waals surface area contributed by atoms with E-state index in [1.54, 1.807) is 11.3 Å². The Morgan fingerprint density at radius 3 is 3.03 bits per heavy atom. The molecule has 1 unspecified atom stereocenters. The summed E-state index contributed by atoms with van der Waals surface area (Å²) in [5, 5.41) is 14.1. The Morgan fingerprint density at radius 2 is 2.31 bits per heavy atom. The van der Waals surface area contributed by atoms with Crippen LogP contribution in [-0.4, -0.2) is 39.1 Å². The minimum absolute atomic E-state index is 0.121. The number of rotatable bonds is 7. The number of ether oxygens (including phenoxy) is 1. The van der Waals surface area contributed by atoms with Crippen molar-refractivity contribution >= 4 is 46.3 Å². The average Bonchev–Trinajstić information content (AvgIpc) is 3.45. The molecule has 1 aliphatic heterocycles. The van der Waals surface area contributed by atoms with Crippen molar-refractivity contribution in [3.63, 3.8) is 0 Å². The van der Waals surface area contributed by atoms with Gasteiger partial charge < -0.3 is 10.1 Å². The Balaban J connectivity index is 1.46. The molecule has 4 rings (SSSR count). The van der Waals surface area contributed by atoms with Gasteiger partial charge in [-0.15, -0.1) is 21.5 Å². The third-order valence-electron chi connectivity index (χ3n) is 4.41. The molecule has 1 aliphatic rings. The van der Waals surface area contributed by atoms with Gasteiger partial charge in [-0.2, -0.15) is 0 Å². The predicted molar refractivity (Wildman–Crippen MR) is 113 cm³/mol. The standard InChI is InChI=1S/C19H18ClFN4O2S2/c20-14-9-12(21)5-6-15(14)22-17(26)11-29-19-24-23-18(16-4-2-8-28-16)25(19)10-13-3-1-7-27-13/h2,4-6,8-9,13H,1,3,7,10-11H2,(H,22,26). The molecule has 6 nitrogen and oxygen atoms in total. The van der Waals surface area contributed by atoms with Gasteiger partial charge in [-0.1, -0.05) is 29.4 Å². The molecule has 10 heteroatoms. The van der Waals surface area contributed by atoms with Crippen LogP contribution in [-0.2, 0) is 16.1 Å². The third kappa shape index (κ3) is 4.98. The van der Waals surface area contributed by atoms with Crippen LogP contribution < -0.4 is 5.32 Å². The number of nitrogens with zero attached hydrogens (tertiary/aromatic N) is 3. The van der Waals surface area contributed by atoms with Crippen LogP contribution in [0.4, 0.5) is 10.1 Å². The molecule has 0 saturated carbocycles. The van der Waals surface area contributed by atoms with Crippen LogP contribution in [0.25, 0.3) is 10.7 Å². The molecule has 29 heavy (non-hydrogen) atoms. The molecule has 3 heterocycles. The Kier molecular flexibility index (Phi) is 6.49. The number of thioether (sulfide) groups is 1. The summed E-state index contributed by atoms with van der Waals surface area (Å²) in [6, 6.07) is 7.82. The topological polar surface area (TPSA) is 69.0 Å². The van der Waals surface area contributed by atoms with E-state index in [9.17, 15) is 9.18 Å². The molecule has 0 aliphatic carbocycles. The second-order valence-corrected chi connectivity index (χ2v) is 8.79. The number of hydrogen-bond donors (Lipinski definition) is 1. The maximum atomic E-state index is 13.2. The normalized spacial score (nSPS) is 16.3. The minimum atomic E-state index is -0.453. The molecule has 1 aromatic carbocycles. The zero-order valence-electron chi connectivity index (χ0n) is 15.3. The number of anilines is 1. The second kappa shape index (κ2) is 9.25. The van der Waals surface area contributed by atoms with E-state index in [0.29, 0.717) is 17.4 Å². The summed E-state index contributed by atoms with van der Waals surface area (Å²) in [6.07, 6.45) is 2.16. The van der Waals surface area contributed by atoms with Gasteiger partial charge in [0.1, 0.15) is 5.82 Å². The Morgan fingerprint density at radius 1 is 1.41 bits per heavy atom. The van der Waals surface area contributed by atoms with Gasteiger partial charge in [0.15, 0.2) is 11.0 Å². The monoisotopic (exact) mass is 452 g/mol. The number of hydrogen-bond acceptors (Lipinski definition) is 6. The first kappa shape index (κ1) is 20.3. The van der Waals surface area contributed by atoms with Crippen molar-refractivity contribution in [3.8, 4) is 10.7 Å². The number of halogens is 2. The van der Waals surface area contributed by atoms with Crippen molar-refractivity contribution in [1.82, 2.24) is 14.8 Å².